The number of carbonyl (C=O) groups excluding carboxylic acids is 1. The largest absolute Gasteiger partial charge is 0.487 e. The van der Waals surface area contributed by atoms with E-state index in [4.69, 9.17) is 9.84 Å². The van der Waals surface area contributed by atoms with Gasteiger partial charge < -0.3 is 9.84 Å². The third-order valence-corrected chi connectivity index (χ3v) is 3.12. The fourth-order valence-corrected chi connectivity index (χ4v) is 2.20. The topological polar surface area (TPSA) is 63.6 Å². The molecule has 4 heteroatoms. The lowest BCUT2D eigenvalue weighted by atomic mass is 9.98. The summed E-state index contributed by atoms with van der Waals surface area (Å²) < 4.78 is 5.54. The van der Waals surface area contributed by atoms with Gasteiger partial charge in [-0.3, -0.25) is 4.79 Å². The number of carboxylic acids is 1. The lowest BCUT2D eigenvalue weighted by Gasteiger charge is -2.08. The summed E-state index contributed by atoms with van der Waals surface area (Å²) in [5.41, 5.74) is 1.63. The van der Waals surface area contributed by atoms with Crippen molar-refractivity contribution in [2.45, 2.75) is 6.61 Å². The van der Waals surface area contributed by atoms with Gasteiger partial charge in [0.2, 0.25) is 0 Å². The standard InChI is InChI=1S/C15H10O4/c16-13-10-5-2-1-4-9(10)8-19-14-11(13)6-3-7-12(14)15(17)18/h1-7H,8H2,(H,17,18). The molecule has 94 valence electrons. The summed E-state index contributed by atoms with van der Waals surface area (Å²) in [4.78, 5) is 23.6. The first kappa shape index (κ1) is 11.5. The first-order chi connectivity index (χ1) is 9.18. The molecule has 3 rings (SSSR count). The average Bonchev–Trinajstić information content (AvgIpc) is 2.57. The van der Waals surface area contributed by atoms with Crippen LogP contribution in [-0.4, -0.2) is 16.9 Å². The van der Waals surface area contributed by atoms with Gasteiger partial charge in [-0.2, -0.15) is 0 Å². The van der Waals surface area contributed by atoms with Crippen molar-refractivity contribution in [1.82, 2.24) is 0 Å². The Morgan fingerprint density at radius 3 is 2.58 bits per heavy atom. The normalized spacial score (nSPS) is 12.9. The van der Waals surface area contributed by atoms with Crippen LogP contribution in [0.4, 0.5) is 0 Å². The molecular formula is C15H10O4. The van der Waals surface area contributed by atoms with E-state index in [1.54, 1.807) is 30.3 Å². The van der Waals surface area contributed by atoms with Crippen molar-refractivity contribution in [3.05, 3.63) is 64.7 Å². The SMILES string of the molecule is O=C(O)c1cccc2c1OCc1ccccc1C2=O. The smallest absolute Gasteiger partial charge is 0.339 e. The Morgan fingerprint density at radius 2 is 1.79 bits per heavy atom. The molecule has 0 aromatic heterocycles. The van der Waals surface area contributed by atoms with Gasteiger partial charge in [0.15, 0.2) is 5.78 Å². The van der Waals surface area contributed by atoms with E-state index >= 15 is 0 Å². The summed E-state index contributed by atoms with van der Waals surface area (Å²) in [7, 11) is 0. The molecule has 2 aromatic carbocycles. The Kier molecular flexibility index (Phi) is 2.56. The summed E-state index contributed by atoms with van der Waals surface area (Å²) in [5, 5.41) is 9.14. The molecule has 0 aliphatic carbocycles. The minimum absolute atomic E-state index is 0.0126. The highest BCUT2D eigenvalue weighted by Crippen LogP contribution is 2.31. The number of para-hydroxylation sites is 1. The molecule has 0 saturated heterocycles. The highest BCUT2D eigenvalue weighted by molar-refractivity contribution is 6.13. The van der Waals surface area contributed by atoms with Crippen molar-refractivity contribution in [2.24, 2.45) is 0 Å². The van der Waals surface area contributed by atoms with Crippen LogP contribution in [0.3, 0.4) is 0 Å². The zero-order valence-electron chi connectivity index (χ0n) is 9.92. The lowest BCUT2D eigenvalue weighted by molar-refractivity contribution is 0.0692. The zero-order chi connectivity index (χ0) is 13.4. The van der Waals surface area contributed by atoms with Gasteiger partial charge in [0.25, 0.3) is 0 Å². The molecule has 0 bridgehead atoms. The van der Waals surface area contributed by atoms with Crippen LogP contribution in [0.1, 0.15) is 31.8 Å². The molecule has 0 saturated carbocycles. The van der Waals surface area contributed by atoms with Gasteiger partial charge >= 0.3 is 5.97 Å². The molecule has 2 aromatic rings. The predicted octanol–water partition coefficient (Wildman–Crippen LogP) is 2.51. The molecule has 0 spiro atoms. The second-order valence-corrected chi connectivity index (χ2v) is 4.26. The fourth-order valence-electron chi connectivity index (χ4n) is 2.20. The third kappa shape index (κ3) is 1.78. The summed E-state index contributed by atoms with van der Waals surface area (Å²) in [6.45, 7) is 0.194. The van der Waals surface area contributed by atoms with Crippen LogP contribution in [0.15, 0.2) is 42.5 Å². The first-order valence-corrected chi connectivity index (χ1v) is 5.80. The molecule has 19 heavy (non-hydrogen) atoms. The van der Waals surface area contributed by atoms with E-state index in [2.05, 4.69) is 0 Å². The van der Waals surface area contributed by atoms with E-state index in [9.17, 15) is 9.59 Å². The molecule has 0 unspecified atom stereocenters. The highest BCUT2D eigenvalue weighted by Gasteiger charge is 2.25. The van der Waals surface area contributed by atoms with Crippen LogP contribution < -0.4 is 4.74 Å². The minimum Gasteiger partial charge on any atom is -0.487 e. The van der Waals surface area contributed by atoms with Crippen molar-refractivity contribution in [1.29, 1.82) is 0 Å². The van der Waals surface area contributed by atoms with Gasteiger partial charge in [-0.1, -0.05) is 30.3 Å². The van der Waals surface area contributed by atoms with Gasteiger partial charge in [0.1, 0.15) is 17.9 Å². The van der Waals surface area contributed by atoms with Crippen LogP contribution in [0.25, 0.3) is 0 Å². The summed E-state index contributed by atoms with van der Waals surface area (Å²) in [5.74, 6) is -1.15. The molecule has 0 fully saturated rings. The Labute approximate surface area is 109 Å². The number of hydrogen-bond donors (Lipinski definition) is 1. The Morgan fingerprint density at radius 1 is 1.05 bits per heavy atom. The van der Waals surface area contributed by atoms with Crippen LogP contribution in [0.2, 0.25) is 0 Å². The van der Waals surface area contributed by atoms with E-state index in [0.717, 1.165) is 5.56 Å². The van der Waals surface area contributed by atoms with Gasteiger partial charge in [-0.25, -0.2) is 4.79 Å². The number of ketones is 1. The number of carbonyl (C=O) groups is 2. The zero-order valence-corrected chi connectivity index (χ0v) is 9.92. The molecular weight excluding hydrogens is 244 g/mol. The minimum atomic E-state index is -1.10. The Hall–Kier alpha value is -2.62. The fraction of sp³-hybridized carbons (Fsp3) is 0.0667. The maximum atomic E-state index is 12.4. The molecule has 4 nitrogen and oxygen atoms in total. The van der Waals surface area contributed by atoms with E-state index in [-0.39, 0.29) is 23.7 Å². The molecule has 0 amide bonds. The number of ether oxygens (including phenoxy) is 1. The number of fused-ring (bicyclic) bond motifs is 2. The molecule has 1 heterocycles. The van der Waals surface area contributed by atoms with Crippen molar-refractivity contribution in [3.63, 3.8) is 0 Å². The maximum Gasteiger partial charge on any atom is 0.339 e. The van der Waals surface area contributed by atoms with Crippen molar-refractivity contribution in [2.75, 3.05) is 0 Å². The Bertz CT molecular complexity index is 688. The predicted molar refractivity (Wildman–Crippen MR) is 67.6 cm³/mol. The summed E-state index contributed by atoms with van der Waals surface area (Å²) in [6.07, 6.45) is 0. The average molecular weight is 254 g/mol. The molecule has 0 atom stereocenters. The van der Waals surface area contributed by atoms with Crippen LogP contribution >= 0.6 is 0 Å². The first-order valence-electron chi connectivity index (χ1n) is 5.80. The number of hydrogen-bond acceptors (Lipinski definition) is 3. The molecule has 1 aliphatic rings. The van der Waals surface area contributed by atoms with E-state index in [1.165, 1.54) is 6.07 Å². The second-order valence-electron chi connectivity index (χ2n) is 4.26. The van der Waals surface area contributed by atoms with Gasteiger partial charge in [0.05, 0.1) is 5.56 Å². The third-order valence-electron chi connectivity index (χ3n) is 3.12. The second kappa shape index (κ2) is 4.24. The van der Waals surface area contributed by atoms with Crippen molar-refractivity contribution in [3.8, 4) is 5.75 Å². The quantitative estimate of drug-likeness (QED) is 0.849. The number of benzene rings is 2. The number of aromatic carboxylic acids is 1. The summed E-state index contributed by atoms with van der Waals surface area (Å²) >= 11 is 0. The molecule has 0 radical (unpaired) electrons. The maximum absolute atomic E-state index is 12.4. The van der Waals surface area contributed by atoms with Gasteiger partial charge in [-0.15, -0.1) is 0 Å². The Balaban J connectivity index is 2.23. The monoisotopic (exact) mass is 254 g/mol. The van der Waals surface area contributed by atoms with Crippen LogP contribution in [0.5, 0.6) is 5.75 Å². The van der Waals surface area contributed by atoms with Crippen molar-refractivity contribution >= 4 is 11.8 Å². The van der Waals surface area contributed by atoms with Crippen molar-refractivity contribution < 1.29 is 19.4 Å². The number of carboxylic acid groups (broad SMARTS) is 1. The summed E-state index contributed by atoms with van der Waals surface area (Å²) in [6, 6.07) is 11.7. The van der Waals surface area contributed by atoms with E-state index in [0.29, 0.717) is 11.1 Å². The van der Waals surface area contributed by atoms with E-state index < -0.39 is 5.97 Å². The van der Waals surface area contributed by atoms with Gasteiger partial charge in [-0.05, 0) is 12.1 Å². The van der Waals surface area contributed by atoms with E-state index in [1.807, 2.05) is 6.07 Å². The highest BCUT2D eigenvalue weighted by atomic mass is 16.5. The lowest BCUT2D eigenvalue weighted by Crippen LogP contribution is -2.06. The van der Waals surface area contributed by atoms with Crippen LogP contribution in [0, 0.1) is 0 Å². The number of rotatable bonds is 1. The molecule has 1 aliphatic heterocycles. The van der Waals surface area contributed by atoms with Crippen LogP contribution in [-0.2, 0) is 6.61 Å². The van der Waals surface area contributed by atoms with Gasteiger partial charge in [0, 0.05) is 11.1 Å². The molecule has 1 N–H and O–H groups in total.